The maximum absolute atomic E-state index is 11.1. The van der Waals surface area contributed by atoms with Gasteiger partial charge in [-0.2, -0.15) is 0 Å². The Morgan fingerprint density at radius 1 is 1.00 bits per heavy atom. The largest absolute Gasteiger partial charge is 0.543 e. The fourth-order valence-electron chi connectivity index (χ4n) is 2.80. The second kappa shape index (κ2) is 8.15. The summed E-state index contributed by atoms with van der Waals surface area (Å²) in [4.78, 5) is 11.1. The number of para-hydroxylation sites is 1. The van der Waals surface area contributed by atoms with Gasteiger partial charge in [0.2, 0.25) is 0 Å². The molecule has 0 atom stereocenters. The van der Waals surface area contributed by atoms with Crippen LogP contribution in [-0.2, 0) is 0 Å². The Morgan fingerprint density at radius 2 is 1.53 bits per heavy atom. The van der Waals surface area contributed by atoms with Crippen molar-refractivity contribution in [2.45, 2.75) is 58.2 Å². The van der Waals surface area contributed by atoms with Crippen molar-refractivity contribution in [3.63, 3.8) is 0 Å². The molecule has 1 rings (SSSR count). The lowest BCUT2D eigenvalue weighted by Gasteiger charge is -2.32. The lowest BCUT2D eigenvalue weighted by Crippen LogP contribution is -2.41. The highest BCUT2D eigenvalue weighted by molar-refractivity contribution is 6.74. The van der Waals surface area contributed by atoms with Crippen LogP contribution in [0.2, 0.25) is 18.1 Å². The molecule has 0 saturated heterocycles. The third-order valence-corrected chi connectivity index (χ3v) is 8.38. The zero-order chi connectivity index (χ0) is 14.1. The van der Waals surface area contributed by atoms with Gasteiger partial charge in [0.15, 0.2) is 6.29 Å². The Bertz CT molecular complexity index is 373. The van der Waals surface area contributed by atoms with E-state index < -0.39 is 8.32 Å². The maximum Gasteiger partial charge on any atom is 0.251 e. The molecule has 0 heterocycles. The zero-order valence-electron chi connectivity index (χ0n) is 12.4. The van der Waals surface area contributed by atoms with Gasteiger partial charge in [0.25, 0.3) is 8.32 Å². The van der Waals surface area contributed by atoms with E-state index in [0.29, 0.717) is 5.56 Å². The molecule has 1 aromatic rings. The molecule has 0 aliphatic rings. The fourth-order valence-corrected chi connectivity index (χ4v) is 7.24. The van der Waals surface area contributed by atoms with Crippen LogP contribution in [0.25, 0.3) is 0 Å². The molecule has 0 spiro atoms. The summed E-state index contributed by atoms with van der Waals surface area (Å²) in [5.41, 5.74) is 0.683. The van der Waals surface area contributed by atoms with Crippen LogP contribution >= 0.6 is 0 Å². The molecule has 0 fully saturated rings. The first-order chi connectivity index (χ1) is 9.21. The van der Waals surface area contributed by atoms with Gasteiger partial charge in [0, 0.05) is 0 Å². The quantitative estimate of drug-likeness (QED) is 0.466. The number of carbonyl (C=O) groups is 1. The van der Waals surface area contributed by atoms with E-state index in [0.717, 1.165) is 31.3 Å². The van der Waals surface area contributed by atoms with E-state index in [9.17, 15) is 4.79 Å². The maximum atomic E-state index is 11.1. The summed E-state index contributed by atoms with van der Waals surface area (Å²) in [6.07, 6.45) is 4.39. The predicted molar refractivity (Wildman–Crippen MR) is 83.5 cm³/mol. The monoisotopic (exact) mass is 278 g/mol. The van der Waals surface area contributed by atoms with Crippen LogP contribution in [0, 0.1) is 0 Å². The van der Waals surface area contributed by atoms with Crippen LogP contribution < -0.4 is 4.43 Å². The van der Waals surface area contributed by atoms with Gasteiger partial charge in [0.05, 0.1) is 5.56 Å². The van der Waals surface area contributed by atoms with Crippen molar-refractivity contribution >= 4 is 14.6 Å². The first-order valence-corrected chi connectivity index (χ1v) is 9.97. The minimum absolute atomic E-state index is 0.683. The van der Waals surface area contributed by atoms with E-state index in [1.54, 1.807) is 0 Å². The van der Waals surface area contributed by atoms with Crippen LogP contribution in [0.3, 0.4) is 0 Å². The molecule has 19 heavy (non-hydrogen) atoms. The number of hydrogen-bond donors (Lipinski definition) is 0. The fraction of sp³-hybridized carbons (Fsp3) is 0.562. The van der Waals surface area contributed by atoms with Crippen LogP contribution in [-0.4, -0.2) is 14.6 Å². The van der Waals surface area contributed by atoms with Crippen molar-refractivity contribution in [2.75, 3.05) is 0 Å². The molecule has 1 aromatic carbocycles. The highest BCUT2D eigenvalue weighted by Crippen LogP contribution is 2.30. The molecule has 2 nitrogen and oxygen atoms in total. The molecule has 0 amide bonds. The van der Waals surface area contributed by atoms with Gasteiger partial charge >= 0.3 is 0 Å². The van der Waals surface area contributed by atoms with Gasteiger partial charge in [0.1, 0.15) is 5.75 Å². The number of carbonyl (C=O) groups excluding carboxylic acids is 1. The van der Waals surface area contributed by atoms with Crippen molar-refractivity contribution in [1.29, 1.82) is 0 Å². The van der Waals surface area contributed by atoms with Gasteiger partial charge in [-0.15, -0.1) is 0 Å². The van der Waals surface area contributed by atoms with E-state index in [1.165, 1.54) is 18.1 Å². The van der Waals surface area contributed by atoms with Gasteiger partial charge < -0.3 is 4.43 Å². The van der Waals surface area contributed by atoms with Gasteiger partial charge in [-0.05, 0) is 30.3 Å². The second-order valence-corrected chi connectivity index (χ2v) is 9.26. The highest BCUT2D eigenvalue weighted by atomic mass is 28.4. The molecule has 0 bridgehead atoms. The smallest absolute Gasteiger partial charge is 0.251 e. The summed E-state index contributed by atoms with van der Waals surface area (Å²) in [6.45, 7) is 6.67. The Kier molecular flexibility index (Phi) is 6.85. The Labute approximate surface area is 118 Å². The average Bonchev–Trinajstić information content (AvgIpc) is 2.40. The van der Waals surface area contributed by atoms with Gasteiger partial charge in [-0.25, -0.2) is 0 Å². The normalized spacial score (nSPS) is 11.3. The summed E-state index contributed by atoms with van der Waals surface area (Å²) in [7, 11) is -1.74. The summed E-state index contributed by atoms with van der Waals surface area (Å²) >= 11 is 0. The standard InChI is InChI=1S/C16H26O2Si/c1-4-11-19(12-5-2,13-6-3)18-16-10-8-7-9-15(16)14-17/h7-10,14H,4-6,11-13H2,1-3H3. The van der Waals surface area contributed by atoms with Gasteiger partial charge in [-0.3, -0.25) is 4.79 Å². The first-order valence-electron chi connectivity index (χ1n) is 7.44. The Morgan fingerprint density at radius 3 is 2.00 bits per heavy atom. The topological polar surface area (TPSA) is 26.3 Å². The molecule has 0 unspecified atom stereocenters. The minimum atomic E-state index is -1.74. The summed E-state index contributed by atoms with van der Waals surface area (Å²) in [5, 5.41) is 0. The predicted octanol–water partition coefficient (Wildman–Crippen LogP) is 5.05. The van der Waals surface area contributed by atoms with Crippen molar-refractivity contribution in [3.8, 4) is 5.75 Å². The second-order valence-electron chi connectivity index (χ2n) is 5.19. The number of rotatable bonds is 9. The van der Waals surface area contributed by atoms with E-state index >= 15 is 0 Å². The molecule has 0 radical (unpaired) electrons. The minimum Gasteiger partial charge on any atom is -0.543 e. The lowest BCUT2D eigenvalue weighted by atomic mass is 10.2. The van der Waals surface area contributed by atoms with E-state index in [1.807, 2.05) is 24.3 Å². The molecule has 106 valence electrons. The Hall–Kier alpha value is -1.09. The van der Waals surface area contributed by atoms with Crippen LogP contribution in [0.5, 0.6) is 5.75 Å². The summed E-state index contributed by atoms with van der Waals surface area (Å²) in [6, 6.07) is 11.2. The first kappa shape index (κ1) is 16.0. The molecule has 0 aromatic heterocycles. The molecule has 0 N–H and O–H groups in total. The van der Waals surface area contributed by atoms with E-state index in [-0.39, 0.29) is 0 Å². The van der Waals surface area contributed by atoms with Crippen LogP contribution in [0.15, 0.2) is 24.3 Å². The van der Waals surface area contributed by atoms with E-state index in [2.05, 4.69) is 20.8 Å². The van der Waals surface area contributed by atoms with Crippen molar-refractivity contribution in [2.24, 2.45) is 0 Å². The van der Waals surface area contributed by atoms with Crippen LogP contribution in [0.4, 0.5) is 0 Å². The number of hydrogen-bond acceptors (Lipinski definition) is 2. The average molecular weight is 278 g/mol. The molecule has 3 heteroatoms. The molecule has 0 aliphatic heterocycles. The van der Waals surface area contributed by atoms with Crippen molar-refractivity contribution < 1.29 is 9.22 Å². The molecule has 0 saturated carbocycles. The number of aldehydes is 1. The Balaban J connectivity index is 3.00. The summed E-state index contributed by atoms with van der Waals surface area (Å²) < 4.78 is 6.45. The zero-order valence-corrected chi connectivity index (χ0v) is 13.4. The SMILES string of the molecule is CCC[Si](CCC)(CCC)Oc1ccccc1C=O. The molecular weight excluding hydrogens is 252 g/mol. The van der Waals surface area contributed by atoms with Crippen molar-refractivity contribution in [3.05, 3.63) is 29.8 Å². The molecule has 0 aliphatic carbocycles. The van der Waals surface area contributed by atoms with Crippen LogP contribution in [0.1, 0.15) is 50.4 Å². The summed E-state index contributed by atoms with van der Waals surface area (Å²) in [5.74, 6) is 0.791. The van der Waals surface area contributed by atoms with E-state index in [4.69, 9.17) is 4.43 Å². The van der Waals surface area contributed by atoms with Crippen molar-refractivity contribution in [1.82, 2.24) is 0 Å². The lowest BCUT2D eigenvalue weighted by molar-refractivity contribution is 0.112. The van der Waals surface area contributed by atoms with Gasteiger partial charge in [-0.1, -0.05) is 52.2 Å². The third kappa shape index (κ3) is 4.50. The third-order valence-electron chi connectivity index (χ3n) is 3.49. The molecular formula is C16H26O2Si. The number of benzene rings is 1. The highest BCUT2D eigenvalue weighted by Gasteiger charge is 2.34.